The lowest BCUT2D eigenvalue weighted by Crippen LogP contribution is -2.18. The first kappa shape index (κ1) is 16.1. The summed E-state index contributed by atoms with van der Waals surface area (Å²) in [4.78, 5) is 0. The summed E-state index contributed by atoms with van der Waals surface area (Å²) in [6.07, 6.45) is 12.4. The highest BCUT2D eigenvalue weighted by molar-refractivity contribution is 7.84. The van der Waals surface area contributed by atoms with Crippen molar-refractivity contribution in [3.8, 4) is 0 Å². The number of rotatable bonds is 12. The summed E-state index contributed by atoms with van der Waals surface area (Å²) >= 11 is 0. The van der Waals surface area contributed by atoms with Crippen LogP contribution in [-0.4, -0.2) is 29.3 Å². The quantitative estimate of drug-likeness (QED) is 0.537. The van der Waals surface area contributed by atoms with Gasteiger partial charge in [0.1, 0.15) is 0 Å². The van der Waals surface area contributed by atoms with Gasteiger partial charge < -0.3 is 5.32 Å². The molecule has 0 aromatic carbocycles. The van der Waals surface area contributed by atoms with E-state index in [2.05, 4.69) is 12.2 Å². The van der Waals surface area contributed by atoms with Crippen LogP contribution in [0.2, 0.25) is 0 Å². The second-order valence-electron chi connectivity index (χ2n) is 4.50. The second-order valence-corrected chi connectivity index (χ2v) is 6.06. The summed E-state index contributed by atoms with van der Waals surface area (Å²) in [5.41, 5.74) is 0. The lowest BCUT2D eigenvalue weighted by molar-refractivity contribution is 0.561. The molecule has 0 aliphatic rings. The molecule has 0 radical (unpaired) electrons. The van der Waals surface area contributed by atoms with E-state index in [0.717, 1.165) is 25.3 Å². The third kappa shape index (κ3) is 14.1. The van der Waals surface area contributed by atoms with Gasteiger partial charge >= 0.3 is 0 Å². The van der Waals surface area contributed by atoms with E-state index in [9.17, 15) is 4.21 Å². The van der Waals surface area contributed by atoms with Gasteiger partial charge in [0.05, 0.1) is 0 Å². The zero-order valence-electron chi connectivity index (χ0n) is 11.1. The summed E-state index contributed by atoms with van der Waals surface area (Å²) in [5, 5.41) is 3.41. The van der Waals surface area contributed by atoms with Gasteiger partial charge in [0.2, 0.25) is 0 Å². The molecule has 0 saturated carbocycles. The summed E-state index contributed by atoms with van der Waals surface area (Å²) in [7, 11) is -0.619. The number of hydrogen-bond donors (Lipinski definition) is 1. The number of nitrogens with one attached hydrogen (secondary N) is 1. The minimum Gasteiger partial charge on any atom is -0.317 e. The standard InChI is InChI=1S/C13H29NOS/c1-3-4-5-6-7-8-9-11-14-12-10-13-16(2)15/h14H,3-13H2,1-2H3. The van der Waals surface area contributed by atoms with Crippen LogP contribution in [0, 0.1) is 0 Å². The normalized spacial score (nSPS) is 12.9. The summed E-state index contributed by atoms with van der Waals surface area (Å²) in [6, 6.07) is 0. The Hall–Kier alpha value is 0.110. The van der Waals surface area contributed by atoms with Crippen LogP contribution >= 0.6 is 0 Å². The molecule has 1 unspecified atom stereocenters. The molecule has 0 aliphatic heterocycles. The molecular formula is C13H29NOS. The van der Waals surface area contributed by atoms with Crippen LogP contribution < -0.4 is 5.32 Å². The van der Waals surface area contributed by atoms with Crippen molar-refractivity contribution < 1.29 is 4.21 Å². The Morgan fingerprint density at radius 3 is 2.06 bits per heavy atom. The summed E-state index contributed by atoms with van der Waals surface area (Å²) in [6.45, 7) is 4.41. The molecule has 0 amide bonds. The van der Waals surface area contributed by atoms with E-state index in [1.54, 1.807) is 6.26 Å². The van der Waals surface area contributed by atoms with Gasteiger partial charge in [0.25, 0.3) is 0 Å². The molecule has 0 heterocycles. The third-order valence-corrected chi connectivity index (χ3v) is 3.61. The second kappa shape index (κ2) is 13.2. The molecule has 0 aromatic rings. The van der Waals surface area contributed by atoms with Gasteiger partial charge in [-0.05, 0) is 25.9 Å². The molecule has 3 heteroatoms. The SMILES string of the molecule is CCCCCCCCCNCCCS(C)=O. The van der Waals surface area contributed by atoms with Crippen molar-refractivity contribution in [2.24, 2.45) is 0 Å². The first-order valence-electron chi connectivity index (χ1n) is 6.78. The fourth-order valence-electron chi connectivity index (χ4n) is 1.73. The highest BCUT2D eigenvalue weighted by Crippen LogP contribution is 2.06. The van der Waals surface area contributed by atoms with Crippen molar-refractivity contribution >= 4 is 10.8 Å². The molecule has 1 N–H and O–H groups in total. The van der Waals surface area contributed by atoms with Crippen LogP contribution in [0.4, 0.5) is 0 Å². The Labute approximate surface area is 104 Å². The van der Waals surface area contributed by atoms with E-state index in [0.29, 0.717) is 0 Å². The maximum atomic E-state index is 10.8. The predicted molar refractivity (Wildman–Crippen MR) is 74.4 cm³/mol. The molecule has 0 rings (SSSR count). The zero-order chi connectivity index (χ0) is 12.1. The monoisotopic (exact) mass is 247 g/mol. The average Bonchev–Trinajstić information content (AvgIpc) is 2.25. The van der Waals surface area contributed by atoms with E-state index < -0.39 is 10.8 Å². The fourth-order valence-corrected chi connectivity index (χ4v) is 2.28. The molecule has 0 aliphatic carbocycles. The molecule has 98 valence electrons. The van der Waals surface area contributed by atoms with E-state index in [-0.39, 0.29) is 0 Å². The van der Waals surface area contributed by atoms with Gasteiger partial charge in [0.15, 0.2) is 0 Å². The Balaban J connectivity index is 2.90. The van der Waals surface area contributed by atoms with Crippen molar-refractivity contribution in [3.05, 3.63) is 0 Å². The fraction of sp³-hybridized carbons (Fsp3) is 1.00. The lowest BCUT2D eigenvalue weighted by Gasteiger charge is -2.04. The predicted octanol–water partition coefficient (Wildman–Crippen LogP) is 3.10. The molecule has 0 aromatic heterocycles. The zero-order valence-corrected chi connectivity index (χ0v) is 11.9. The van der Waals surface area contributed by atoms with Crippen LogP contribution in [0.3, 0.4) is 0 Å². The molecular weight excluding hydrogens is 218 g/mol. The van der Waals surface area contributed by atoms with Crippen molar-refractivity contribution in [3.63, 3.8) is 0 Å². The van der Waals surface area contributed by atoms with Gasteiger partial charge in [-0.15, -0.1) is 0 Å². The van der Waals surface area contributed by atoms with E-state index in [4.69, 9.17) is 0 Å². The van der Waals surface area contributed by atoms with Crippen LogP contribution in [0.5, 0.6) is 0 Å². The Kier molecular flexibility index (Phi) is 13.3. The van der Waals surface area contributed by atoms with Crippen LogP contribution in [0.25, 0.3) is 0 Å². The van der Waals surface area contributed by atoms with E-state index in [1.807, 2.05) is 0 Å². The van der Waals surface area contributed by atoms with E-state index >= 15 is 0 Å². The van der Waals surface area contributed by atoms with Crippen molar-refractivity contribution in [1.29, 1.82) is 0 Å². The largest absolute Gasteiger partial charge is 0.317 e. The smallest absolute Gasteiger partial charge is 0.0244 e. The first-order chi connectivity index (χ1) is 7.77. The lowest BCUT2D eigenvalue weighted by atomic mass is 10.1. The maximum Gasteiger partial charge on any atom is 0.0244 e. The molecule has 0 saturated heterocycles. The minimum absolute atomic E-state index is 0.619. The van der Waals surface area contributed by atoms with Crippen molar-refractivity contribution in [2.45, 2.75) is 58.3 Å². The molecule has 16 heavy (non-hydrogen) atoms. The Morgan fingerprint density at radius 1 is 0.875 bits per heavy atom. The molecule has 2 nitrogen and oxygen atoms in total. The summed E-state index contributed by atoms with van der Waals surface area (Å²) in [5.74, 6) is 0.837. The first-order valence-corrected chi connectivity index (χ1v) is 8.50. The molecule has 0 fully saturated rings. The molecule has 0 spiro atoms. The van der Waals surface area contributed by atoms with Crippen LogP contribution in [0.1, 0.15) is 58.3 Å². The highest BCUT2D eigenvalue weighted by Gasteiger charge is 1.93. The van der Waals surface area contributed by atoms with Gasteiger partial charge in [-0.1, -0.05) is 45.4 Å². The molecule has 0 bridgehead atoms. The van der Waals surface area contributed by atoms with Gasteiger partial charge in [-0.2, -0.15) is 0 Å². The topological polar surface area (TPSA) is 29.1 Å². The Morgan fingerprint density at radius 2 is 1.44 bits per heavy atom. The van der Waals surface area contributed by atoms with Gasteiger partial charge in [-0.25, -0.2) is 0 Å². The molecule has 1 atom stereocenters. The summed E-state index contributed by atoms with van der Waals surface area (Å²) < 4.78 is 10.8. The number of hydrogen-bond acceptors (Lipinski definition) is 2. The highest BCUT2D eigenvalue weighted by atomic mass is 32.2. The average molecular weight is 247 g/mol. The van der Waals surface area contributed by atoms with Crippen molar-refractivity contribution in [1.82, 2.24) is 5.32 Å². The van der Waals surface area contributed by atoms with Gasteiger partial charge in [-0.3, -0.25) is 4.21 Å². The Bertz CT molecular complexity index is 162. The van der Waals surface area contributed by atoms with E-state index in [1.165, 1.54) is 44.9 Å². The number of unbranched alkanes of at least 4 members (excludes halogenated alkanes) is 6. The van der Waals surface area contributed by atoms with Gasteiger partial charge in [0, 0.05) is 22.8 Å². The van der Waals surface area contributed by atoms with Crippen LogP contribution in [-0.2, 0) is 10.8 Å². The third-order valence-electron chi connectivity index (χ3n) is 2.74. The minimum atomic E-state index is -0.619. The van der Waals surface area contributed by atoms with Crippen LogP contribution in [0.15, 0.2) is 0 Å². The van der Waals surface area contributed by atoms with Crippen molar-refractivity contribution in [2.75, 3.05) is 25.1 Å². The maximum absolute atomic E-state index is 10.8.